The standard InChI is InChI=1S/C19H26N2O2.C2HF3O2/c1-22-18-8-4-16(5-9-18)14-21(13-3-12-20)15-17-6-10-19(23-2)11-7-17;3-2(4,5)1(6)7/h4-11H,3,12-15,20H2,1-2H3;(H,6,7). The number of methoxy groups -OCH3 is 2. The van der Waals surface area contributed by atoms with E-state index in [1.807, 2.05) is 24.3 Å². The number of halogens is 3. The van der Waals surface area contributed by atoms with Crippen molar-refractivity contribution in [3.63, 3.8) is 0 Å². The zero-order valence-corrected chi connectivity index (χ0v) is 17.1. The van der Waals surface area contributed by atoms with Gasteiger partial charge in [0, 0.05) is 26.1 Å². The summed E-state index contributed by atoms with van der Waals surface area (Å²) in [6, 6.07) is 16.6. The highest BCUT2D eigenvalue weighted by molar-refractivity contribution is 5.70. The molecular weight excluding hydrogens is 401 g/mol. The molecule has 0 aromatic heterocycles. The van der Waals surface area contributed by atoms with E-state index in [4.69, 9.17) is 19.4 Å². The fraction of sp³-hybridized carbons (Fsp3) is 0.381. The Kier molecular flexibility index (Phi) is 10.7. The highest BCUT2D eigenvalue weighted by Crippen LogP contribution is 2.17. The van der Waals surface area contributed by atoms with Gasteiger partial charge in [0.1, 0.15) is 17.5 Å². The fourth-order valence-electron chi connectivity index (χ4n) is 2.53. The molecule has 0 fully saturated rings. The number of benzene rings is 2. The van der Waals surface area contributed by atoms with E-state index in [9.17, 15) is 13.2 Å². The Morgan fingerprint density at radius 2 is 1.30 bits per heavy atom. The lowest BCUT2D eigenvalue weighted by atomic mass is 10.1. The fourth-order valence-corrected chi connectivity index (χ4v) is 2.53. The summed E-state index contributed by atoms with van der Waals surface area (Å²) in [7, 11) is 3.39. The number of aliphatic carboxylic acids is 1. The van der Waals surface area contributed by atoms with E-state index in [0.717, 1.165) is 44.1 Å². The van der Waals surface area contributed by atoms with Crippen LogP contribution in [0.2, 0.25) is 0 Å². The van der Waals surface area contributed by atoms with Crippen molar-refractivity contribution in [1.82, 2.24) is 4.90 Å². The largest absolute Gasteiger partial charge is 0.542 e. The summed E-state index contributed by atoms with van der Waals surface area (Å²) in [5, 5.41) is 8.78. The van der Waals surface area contributed by atoms with Crippen molar-refractivity contribution in [2.75, 3.05) is 27.3 Å². The van der Waals surface area contributed by atoms with Crippen molar-refractivity contribution in [2.45, 2.75) is 25.7 Å². The third-order valence-corrected chi connectivity index (χ3v) is 4.09. The molecule has 0 atom stereocenters. The van der Waals surface area contributed by atoms with Gasteiger partial charge in [-0.25, -0.2) is 0 Å². The van der Waals surface area contributed by atoms with Crippen LogP contribution in [0.15, 0.2) is 48.5 Å². The molecule has 0 heterocycles. The van der Waals surface area contributed by atoms with Crippen LogP contribution in [-0.4, -0.2) is 44.4 Å². The van der Waals surface area contributed by atoms with Gasteiger partial charge >= 0.3 is 6.18 Å². The predicted molar refractivity (Wildman–Crippen MR) is 104 cm³/mol. The van der Waals surface area contributed by atoms with Crippen molar-refractivity contribution in [1.29, 1.82) is 0 Å². The summed E-state index contributed by atoms with van der Waals surface area (Å²) in [4.78, 5) is 11.2. The molecular formula is C21H27F3N2O4. The van der Waals surface area contributed by atoms with E-state index in [0.29, 0.717) is 0 Å². The molecule has 9 heteroatoms. The highest BCUT2D eigenvalue weighted by atomic mass is 19.4. The van der Waals surface area contributed by atoms with Gasteiger partial charge in [-0.15, -0.1) is 0 Å². The summed E-state index contributed by atoms with van der Waals surface area (Å²) in [5.41, 5.74) is 6.55. The van der Waals surface area contributed by atoms with Gasteiger partial charge in [0.25, 0.3) is 0 Å². The number of ether oxygens (including phenoxy) is 2. The highest BCUT2D eigenvalue weighted by Gasteiger charge is 2.28. The molecule has 0 spiro atoms. The molecule has 0 aliphatic rings. The van der Waals surface area contributed by atoms with E-state index < -0.39 is 12.1 Å². The first-order valence-corrected chi connectivity index (χ1v) is 9.25. The number of nitrogens with zero attached hydrogens (tertiary/aromatic N) is 1. The van der Waals surface area contributed by atoms with E-state index in [2.05, 4.69) is 34.9 Å². The number of quaternary nitrogens is 1. The van der Waals surface area contributed by atoms with E-state index in [1.165, 1.54) is 11.1 Å². The second kappa shape index (κ2) is 12.7. The van der Waals surface area contributed by atoms with Crippen LogP contribution in [0.3, 0.4) is 0 Å². The first-order valence-electron chi connectivity index (χ1n) is 9.25. The predicted octanol–water partition coefficient (Wildman–Crippen LogP) is 1.64. The third kappa shape index (κ3) is 9.62. The Morgan fingerprint density at radius 3 is 1.57 bits per heavy atom. The smallest absolute Gasteiger partial charge is 0.430 e. The Balaban J connectivity index is 0.000000553. The third-order valence-electron chi connectivity index (χ3n) is 4.09. The summed E-state index contributed by atoms with van der Waals surface area (Å²) >= 11 is 0. The van der Waals surface area contributed by atoms with Crippen molar-refractivity contribution in [2.24, 2.45) is 0 Å². The summed E-state index contributed by atoms with van der Waals surface area (Å²) < 4.78 is 42.0. The first-order chi connectivity index (χ1) is 14.2. The van der Waals surface area contributed by atoms with Gasteiger partial charge in [-0.2, -0.15) is 13.2 Å². The molecule has 2 aromatic carbocycles. The summed E-state index contributed by atoms with van der Waals surface area (Å²) in [6.45, 7) is 3.86. The molecule has 2 aromatic rings. The number of carboxylic acids is 1. The quantitative estimate of drug-likeness (QED) is 0.656. The van der Waals surface area contributed by atoms with Gasteiger partial charge < -0.3 is 25.1 Å². The van der Waals surface area contributed by atoms with Crippen LogP contribution in [0.5, 0.6) is 11.5 Å². The van der Waals surface area contributed by atoms with Crippen LogP contribution >= 0.6 is 0 Å². The van der Waals surface area contributed by atoms with Crippen molar-refractivity contribution >= 4 is 5.97 Å². The van der Waals surface area contributed by atoms with Gasteiger partial charge in [-0.05, 0) is 35.4 Å². The second-order valence-electron chi connectivity index (χ2n) is 6.40. The van der Waals surface area contributed by atoms with Crippen LogP contribution in [-0.2, 0) is 17.9 Å². The van der Waals surface area contributed by atoms with Crippen LogP contribution in [0.25, 0.3) is 0 Å². The molecule has 0 aliphatic heterocycles. The zero-order chi connectivity index (χ0) is 22.6. The topological polar surface area (TPSA) is 89.5 Å². The minimum absolute atomic E-state index is 0.896. The first kappa shape index (κ1) is 25.3. The molecule has 166 valence electrons. The summed E-state index contributed by atoms with van der Waals surface area (Å²) in [6.07, 6.45) is -4.09. The molecule has 3 N–H and O–H groups in total. The lowest BCUT2D eigenvalue weighted by molar-refractivity contribution is -0.368. The number of rotatable bonds is 9. The Hall–Kier alpha value is -2.78. The van der Waals surface area contributed by atoms with E-state index >= 15 is 0 Å². The maximum absolute atomic E-state index is 10.5. The van der Waals surface area contributed by atoms with Gasteiger partial charge in [0.2, 0.25) is 0 Å². The number of carbonyl (C=O) groups is 1. The SMILES string of the molecule is COc1ccc(CN(CCC[NH3+])Cc2ccc(OC)cc2)cc1.O=C([O-])C(F)(F)F. The van der Waals surface area contributed by atoms with Gasteiger partial charge in [0.15, 0.2) is 0 Å². The zero-order valence-electron chi connectivity index (χ0n) is 17.1. The van der Waals surface area contributed by atoms with Crippen LogP contribution in [0.4, 0.5) is 13.2 Å². The van der Waals surface area contributed by atoms with Crippen LogP contribution in [0.1, 0.15) is 17.5 Å². The minimum atomic E-state index is -5.19. The molecule has 0 saturated heterocycles. The average molecular weight is 428 g/mol. The number of hydrogen-bond donors (Lipinski definition) is 1. The van der Waals surface area contributed by atoms with Crippen molar-refractivity contribution in [3.05, 3.63) is 59.7 Å². The second-order valence-corrected chi connectivity index (χ2v) is 6.40. The van der Waals surface area contributed by atoms with Gasteiger partial charge in [0.05, 0.1) is 20.8 Å². The molecule has 0 bridgehead atoms. The number of alkyl halides is 3. The minimum Gasteiger partial charge on any atom is -0.542 e. The van der Waals surface area contributed by atoms with Gasteiger partial charge in [-0.3, -0.25) is 4.90 Å². The molecule has 0 unspecified atom stereocenters. The van der Waals surface area contributed by atoms with Crippen molar-refractivity contribution in [3.8, 4) is 11.5 Å². The van der Waals surface area contributed by atoms with Crippen molar-refractivity contribution < 1.29 is 38.3 Å². The average Bonchev–Trinajstić information content (AvgIpc) is 2.73. The molecule has 30 heavy (non-hydrogen) atoms. The summed E-state index contributed by atoms with van der Waals surface area (Å²) in [5.74, 6) is -1.21. The Bertz CT molecular complexity index is 701. The van der Waals surface area contributed by atoms with E-state index in [-0.39, 0.29) is 0 Å². The lowest BCUT2D eigenvalue weighted by Gasteiger charge is -2.22. The van der Waals surface area contributed by atoms with E-state index in [1.54, 1.807) is 14.2 Å². The normalized spacial score (nSPS) is 10.9. The maximum atomic E-state index is 10.5. The molecule has 0 amide bonds. The van der Waals surface area contributed by atoms with Crippen LogP contribution in [0, 0.1) is 0 Å². The number of carboxylic acid groups (broad SMARTS) is 1. The Labute approximate surface area is 174 Å². The molecule has 0 radical (unpaired) electrons. The number of carbonyl (C=O) groups excluding carboxylic acids is 1. The maximum Gasteiger partial charge on any atom is 0.430 e. The number of hydrogen-bond acceptors (Lipinski definition) is 5. The Morgan fingerprint density at radius 1 is 0.933 bits per heavy atom. The molecule has 0 saturated carbocycles. The van der Waals surface area contributed by atoms with Crippen LogP contribution < -0.4 is 20.3 Å². The molecule has 2 rings (SSSR count). The molecule has 0 aliphatic carbocycles. The monoisotopic (exact) mass is 428 g/mol. The lowest BCUT2D eigenvalue weighted by Crippen LogP contribution is -2.51. The van der Waals surface area contributed by atoms with Gasteiger partial charge in [-0.1, -0.05) is 24.3 Å². The molecule has 6 nitrogen and oxygen atoms in total.